The Balaban J connectivity index is 1.47. The topological polar surface area (TPSA) is 80.0 Å². The van der Waals surface area contributed by atoms with Gasteiger partial charge >= 0.3 is 6.03 Å². The number of carbonyl (C=O) groups excluding carboxylic acids is 1. The molecule has 0 aliphatic carbocycles. The molecule has 5 nitrogen and oxygen atoms in total. The molecule has 6 heteroatoms. The Morgan fingerprint density at radius 3 is 2.29 bits per heavy atom. The van der Waals surface area contributed by atoms with Crippen LogP contribution < -0.4 is 16.4 Å². The number of nitrogens with zero attached hydrogens (tertiary/aromatic N) is 1. The van der Waals surface area contributed by atoms with E-state index < -0.39 is 0 Å². The molecule has 0 atom stereocenters. The van der Waals surface area contributed by atoms with Crippen LogP contribution >= 0.6 is 11.3 Å². The molecule has 0 spiro atoms. The van der Waals surface area contributed by atoms with Crippen LogP contribution in [0.15, 0.2) is 66.2 Å². The monoisotopic (exact) mass is 388 g/mol. The fourth-order valence-electron chi connectivity index (χ4n) is 3.07. The van der Waals surface area contributed by atoms with E-state index >= 15 is 0 Å². The number of nitrogens with two attached hydrogens (primary N) is 1. The first kappa shape index (κ1) is 18.0. The second kappa shape index (κ2) is 7.70. The molecule has 2 aromatic heterocycles. The number of thiophene rings is 1. The summed E-state index contributed by atoms with van der Waals surface area (Å²) in [6.07, 6.45) is 2.69. The largest absolute Gasteiger partial charge is 0.383 e. The third-order valence-corrected chi connectivity index (χ3v) is 5.54. The summed E-state index contributed by atoms with van der Waals surface area (Å²) in [5, 5.41) is 8.75. The average Bonchev–Trinajstić information content (AvgIpc) is 3.15. The minimum absolute atomic E-state index is 0.272. The highest BCUT2D eigenvalue weighted by Crippen LogP contribution is 2.36. The third kappa shape index (κ3) is 3.68. The van der Waals surface area contributed by atoms with Crippen molar-refractivity contribution in [1.29, 1.82) is 0 Å². The number of aryl methyl sites for hydroxylation is 1. The minimum Gasteiger partial charge on any atom is -0.383 e. The lowest BCUT2D eigenvalue weighted by molar-refractivity contribution is 0.262. The molecule has 0 aliphatic heterocycles. The van der Waals surface area contributed by atoms with E-state index in [1.165, 1.54) is 5.56 Å². The number of carbonyl (C=O) groups is 1. The number of urea groups is 1. The predicted molar refractivity (Wildman–Crippen MR) is 118 cm³/mol. The van der Waals surface area contributed by atoms with Crippen molar-refractivity contribution in [2.24, 2.45) is 0 Å². The molecular formula is C22H20N4OS. The van der Waals surface area contributed by atoms with Crippen LogP contribution in [-0.4, -0.2) is 11.0 Å². The molecule has 4 rings (SSSR count). The van der Waals surface area contributed by atoms with Gasteiger partial charge in [0.2, 0.25) is 0 Å². The molecular weight excluding hydrogens is 368 g/mol. The van der Waals surface area contributed by atoms with Gasteiger partial charge in [0.25, 0.3) is 0 Å². The predicted octanol–water partition coefficient (Wildman–Crippen LogP) is 5.75. The number of hydrogen-bond acceptors (Lipinski definition) is 4. The van der Waals surface area contributed by atoms with Gasteiger partial charge in [0.15, 0.2) is 0 Å². The number of fused-ring (bicyclic) bond motifs is 1. The zero-order valence-electron chi connectivity index (χ0n) is 15.4. The van der Waals surface area contributed by atoms with Gasteiger partial charge in [-0.3, -0.25) is 0 Å². The Morgan fingerprint density at radius 1 is 1.00 bits per heavy atom. The number of nitrogen functional groups attached to an aromatic ring is 1. The summed E-state index contributed by atoms with van der Waals surface area (Å²) in [5.74, 6) is 0.532. The Morgan fingerprint density at radius 2 is 1.64 bits per heavy atom. The number of rotatable bonds is 4. The first-order chi connectivity index (χ1) is 13.6. The summed E-state index contributed by atoms with van der Waals surface area (Å²) in [4.78, 5) is 16.4. The smallest absolute Gasteiger partial charge is 0.323 e. The molecule has 0 radical (unpaired) electrons. The van der Waals surface area contributed by atoms with Gasteiger partial charge in [-0.1, -0.05) is 31.2 Å². The Bertz CT molecular complexity index is 1120. The molecule has 0 bridgehead atoms. The van der Waals surface area contributed by atoms with Crippen molar-refractivity contribution in [2.45, 2.75) is 13.3 Å². The van der Waals surface area contributed by atoms with E-state index in [0.717, 1.165) is 39.0 Å². The molecule has 140 valence electrons. The summed E-state index contributed by atoms with van der Waals surface area (Å²) in [5.41, 5.74) is 10.9. The van der Waals surface area contributed by atoms with Crippen molar-refractivity contribution in [3.63, 3.8) is 0 Å². The number of benzene rings is 2. The number of hydrogen-bond donors (Lipinski definition) is 3. The third-order valence-electron chi connectivity index (χ3n) is 4.59. The van der Waals surface area contributed by atoms with E-state index in [1.54, 1.807) is 17.5 Å². The zero-order valence-corrected chi connectivity index (χ0v) is 16.2. The van der Waals surface area contributed by atoms with Crippen LogP contribution in [0.3, 0.4) is 0 Å². The van der Waals surface area contributed by atoms with Gasteiger partial charge in [0.1, 0.15) is 5.82 Å². The molecule has 2 aromatic carbocycles. The highest BCUT2D eigenvalue weighted by molar-refractivity contribution is 7.17. The van der Waals surface area contributed by atoms with Crippen LogP contribution in [0.5, 0.6) is 0 Å². The number of amides is 2. The summed E-state index contributed by atoms with van der Waals surface area (Å²) in [7, 11) is 0. The van der Waals surface area contributed by atoms with Crippen LogP contribution in [0, 0.1) is 0 Å². The Kier molecular flexibility index (Phi) is 4.95. The first-order valence-corrected chi connectivity index (χ1v) is 9.91. The normalized spacial score (nSPS) is 10.8. The van der Waals surface area contributed by atoms with Crippen LogP contribution in [-0.2, 0) is 6.42 Å². The van der Waals surface area contributed by atoms with Crippen LogP contribution in [0.4, 0.5) is 22.0 Å². The molecule has 4 N–H and O–H groups in total. The molecule has 28 heavy (non-hydrogen) atoms. The van der Waals surface area contributed by atoms with Gasteiger partial charge in [-0.15, -0.1) is 11.3 Å². The van der Waals surface area contributed by atoms with E-state index in [9.17, 15) is 4.79 Å². The molecule has 4 aromatic rings. The van der Waals surface area contributed by atoms with Gasteiger partial charge in [-0.05, 0) is 53.3 Å². The van der Waals surface area contributed by atoms with Gasteiger partial charge in [-0.25, -0.2) is 9.78 Å². The van der Waals surface area contributed by atoms with E-state index in [-0.39, 0.29) is 6.03 Å². The summed E-state index contributed by atoms with van der Waals surface area (Å²) in [6, 6.07) is 17.2. The SMILES string of the molecule is CCc1ccc(NC(=O)Nc2ccc(-c3csc4ccnc(N)c34)cc2)cc1. The molecule has 0 saturated carbocycles. The van der Waals surface area contributed by atoms with Gasteiger partial charge in [-0.2, -0.15) is 0 Å². The Hall–Kier alpha value is -3.38. The van der Waals surface area contributed by atoms with E-state index in [1.807, 2.05) is 54.6 Å². The quantitative estimate of drug-likeness (QED) is 0.416. The summed E-state index contributed by atoms with van der Waals surface area (Å²) in [6.45, 7) is 2.10. The van der Waals surface area contributed by atoms with E-state index in [2.05, 4.69) is 27.9 Å². The number of nitrogens with one attached hydrogen (secondary N) is 2. The highest BCUT2D eigenvalue weighted by Gasteiger charge is 2.10. The molecule has 0 fully saturated rings. The maximum Gasteiger partial charge on any atom is 0.323 e. The standard InChI is InChI=1S/C22H20N4OS/c1-2-14-3-7-16(8-4-14)25-22(27)26-17-9-5-15(6-10-17)18-13-28-19-11-12-24-21(23)20(18)19/h3-13H,2H2,1H3,(H2,23,24)(H2,25,26,27). The zero-order chi connectivity index (χ0) is 19.5. The Labute approximate surface area is 167 Å². The van der Waals surface area contributed by atoms with Crippen LogP contribution in [0.1, 0.15) is 12.5 Å². The van der Waals surface area contributed by atoms with Crippen molar-refractivity contribution in [1.82, 2.24) is 4.98 Å². The second-order valence-corrected chi connectivity index (χ2v) is 7.34. The summed E-state index contributed by atoms with van der Waals surface area (Å²) < 4.78 is 1.11. The van der Waals surface area contributed by atoms with Gasteiger partial charge in [0.05, 0.1) is 0 Å². The lowest BCUT2D eigenvalue weighted by Crippen LogP contribution is -2.19. The fourth-order valence-corrected chi connectivity index (χ4v) is 4.04. The van der Waals surface area contributed by atoms with Crippen molar-refractivity contribution in [3.8, 4) is 11.1 Å². The number of aromatic nitrogens is 1. The first-order valence-electron chi connectivity index (χ1n) is 9.03. The lowest BCUT2D eigenvalue weighted by Gasteiger charge is -2.09. The maximum absolute atomic E-state index is 12.2. The molecule has 0 saturated heterocycles. The molecule has 0 unspecified atom stereocenters. The van der Waals surface area contributed by atoms with Crippen LogP contribution in [0.2, 0.25) is 0 Å². The fraction of sp³-hybridized carbons (Fsp3) is 0.0909. The average molecular weight is 388 g/mol. The van der Waals surface area contributed by atoms with Crippen molar-refractivity contribution >= 4 is 44.6 Å². The highest BCUT2D eigenvalue weighted by atomic mass is 32.1. The molecule has 2 amide bonds. The minimum atomic E-state index is -0.272. The van der Waals surface area contributed by atoms with Gasteiger partial charge < -0.3 is 16.4 Å². The van der Waals surface area contributed by atoms with Crippen LogP contribution in [0.25, 0.3) is 21.2 Å². The second-order valence-electron chi connectivity index (χ2n) is 6.43. The van der Waals surface area contributed by atoms with Crippen molar-refractivity contribution in [2.75, 3.05) is 16.4 Å². The number of anilines is 3. The molecule has 2 heterocycles. The maximum atomic E-state index is 12.2. The molecule has 0 aliphatic rings. The van der Waals surface area contributed by atoms with E-state index in [4.69, 9.17) is 5.73 Å². The lowest BCUT2D eigenvalue weighted by atomic mass is 10.1. The van der Waals surface area contributed by atoms with Crippen molar-refractivity contribution < 1.29 is 4.79 Å². The van der Waals surface area contributed by atoms with Gasteiger partial charge in [0, 0.05) is 33.2 Å². The summed E-state index contributed by atoms with van der Waals surface area (Å²) >= 11 is 1.64. The number of pyridine rings is 1. The van der Waals surface area contributed by atoms with Crippen molar-refractivity contribution in [3.05, 3.63) is 71.7 Å². The van der Waals surface area contributed by atoms with E-state index in [0.29, 0.717) is 5.82 Å².